The standard InChI is InChI=1S/C20H18BrN3O/c1-14(18-8-4-6-15-5-2-3-7-19(15)18)23-24-20(25)13-22-17-11-9-16(21)10-12-17/h2-12,22H,13H2,1H3,(H,24,25)/b23-14-. The molecule has 1 amide bonds. The molecule has 0 saturated carbocycles. The van der Waals surface area contributed by atoms with E-state index in [0.717, 1.165) is 32.2 Å². The molecule has 0 radical (unpaired) electrons. The third-order valence-corrected chi connectivity index (χ3v) is 4.35. The van der Waals surface area contributed by atoms with Gasteiger partial charge in [0.15, 0.2) is 0 Å². The molecule has 0 aliphatic heterocycles. The minimum atomic E-state index is -0.192. The Hall–Kier alpha value is -2.66. The van der Waals surface area contributed by atoms with E-state index in [1.54, 1.807) is 0 Å². The van der Waals surface area contributed by atoms with E-state index in [2.05, 4.69) is 50.0 Å². The van der Waals surface area contributed by atoms with Crippen LogP contribution in [0.3, 0.4) is 0 Å². The molecule has 4 nitrogen and oxygen atoms in total. The van der Waals surface area contributed by atoms with E-state index in [4.69, 9.17) is 0 Å². The first-order valence-corrected chi connectivity index (χ1v) is 8.73. The molecule has 25 heavy (non-hydrogen) atoms. The monoisotopic (exact) mass is 395 g/mol. The van der Waals surface area contributed by atoms with Crippen molar-refractivity contribution in [2.45, 2.75) is 6.92 Å². The fourth-order valence-electron chi connectivity index (χ4n) is 2.54. The van der Waals surface area contributed by atoms with Gasteiger partial charge < -0.3 is 5.32 Å². The summed E-state index contributed by atoms with van der Waals surface area (Å²) >= 11 is 3.38. The molecule has 0 aliphatic rings. The molecule has 126 valence electrons. The number of hydrazone groups is 1. The van der Waals surface area contributed by atoms with Crippen molar-refractivity contribution in [2.75, 3.05) is 11.9 Å². The van der Waals surface area contributed by atoms with Gasteiger partial charge in [-0.1, -0.05) is 58.4 Å². The van der Waals surface area contributed by atoms with Gasteiger partial charge in [-0.3, -0.25) is 4.79 Å². The van der Waals surface area contributed by atoms with Gasteiger partial charge in [-0.15, -0.1) is 0 Å². The first-order chi connectivity index (χ1) is 12.1. The van der Waals surface area contributed by atoms with Crippen LogP contribution in [0.4, 0.5) is 5.69 Å². The molecule has 3 aromatic rings. The Morgan fingerprint density at radius 3 is 2.52 bits per heavy atom. The van der Waals surface area contributed by atoms with Crippen molar-refractivity contribution in [1.29, 1.82) is 0 Å². The van der Waals surface area contributed by atoms with Crippen molar-refractivity contribution < 1.29 is 4.79 Å². The summed E-state index contributed by atoms with van der Waals surface area (Å²) in [6, 6.07) is 21.8. The van der Waals surface area contributed by atoms with E-state index in [1.807, 2.05) is 55.5 Å². The van der Waals surface area contributed by atoms with Crippen LogP contribution in [-0.4, -0.2) is 18.2 Å². The molecule has 3 rings (SSSR count). The first-order valence-electron chi connectivity index (χ1n) is 7.94. The number of nitrogens with zero attached hydrogens (tertiary/aromatic N) is 1. The number of carbonyl (C=O) groups excluding carboxylic acids is 1. The molecule has 5 heteroatoms. The highest BCUT2D eigenvalue weighted by atomic mass is 79.9. The molecule has 0 spiro atoms. The summed E-state index contributed by atoms with van der Waals surface area (Å²) in [6.07, 6.45) is 0. The second kappa shape index (κ2) is 7.94. The summed E-state index contributed by atoms with van der Waals surface area (Å²) in [5, 5.41) is 9.57. The van der Waals surface area contributed by atoms with Crippen molar-refractivity contribution >= 4 is 44.0 Å². The average Bonchev–Trinajstić information content (AvgIpc) is 2.65. The number of hydrogen-bond acceptors (Lipinski definition) is 3. The number of fused-ring (bicyclic) bond motifs is 1. The highest BCUT2D eigenvalue weighted by Crippen LogP contribution is 2.19. The lowest BCUT2D eigenvalue weighted by atomic mass is 10.0. The van der Waals surface area contributed by atoms with Crippen molar-refractivity contribution in [3.63, 3.8) is 0 Å². The molecule has 0 aromatic heterocycles. The molecule has 0 aliphatic carbocycles. The molecule has 0 saturated heterocycles. The summed E-state index contributed by atoms with van der Waals surface area (Å²) in [5.41, 5.74) is 5.27. The predicted molar refractivity (Wildman–Crippen MR) is 107 cm³/mol. The molecule has 0 fully saturated rings. The molecule has 0 heterocycles. The van der Waals surface area contributed by atoms with E-state index in [0.29, 0.717) is 0 Å². The van der Waals surface area contributed by atoms with Crippen molar-refractivity contribution in [3.8, 4) is 0 Å². The molecule has 0 unspecified atom stereocenters. The molecule has 2 N–H and O–H groups in total. The van der Waals surface area contributed by atoms with Gasteiger partial charge >= 0.3 is 0 Å². The average molecular weight is 396 g/mol. The second-order valence-corrected chi connectivity index (χ2v) is 6.54. The van der Waals surface area contributed by atoms with Gasteiger partial charge in [0, 0.05) is 15.7 Å². The Balaban J connectivity index is 1.64. The lowest BCUT2D eigenvalue weighted by Crippen LogP contribution is -2.26. The number of carbonyl (C=O) groups is 1. The number of benzene rings is 3. The van der Waals surface area contributed by atoms with Crippen LogP contribution in [0.25, 0.3) is 10.8 Å². The zero-order chi connectivity index (χ0) is 17.6. The Labute approximate surface area is 155 Å². The van der Waals surface area contributed by atoms with Crippen LogP contribution >= 0.6 is 15.9 Å². The summed E-state index contributed by atoms with van der Waals surface area (Å²) < 4.78 is 0.998. The smallest absolute Gasteiger partial charge is 0.259 e. The Bertz CT molecular complexity index is 914. The van der Waals surface area contributed by atoms with Crippen LogP contribution in [0.5, 0.6) is 0 Å². The number of amides is 1. The number of anilines is 1. The van der Waals surface area contributed by atoms with Crippen molar-refractivity contribution in [3.05, 3.63) is 76.8 Å². The SMILES string of the molecule is C/C(=N/NC(=O)CNc1ccc(Br)cc1)c1cccc2ccccc12. The van der Waals surface area contributed by atoms with Crippen LogP contribution in [0.2, 0.25) is 0 Å². The highest BCUT2D eigenvalue weighted by molar-refractivity contribution is 9.10. The highest BCUT2D eigenvalue weighted by Gasteiger charge is 2.05. The fourth-order valence-corrected chi connectivity index (χ4v) is 2.80. The zero-order valence-corrected chi connectivity index (χ0v) is 15.4. The predicted octanol–water partition coefficient (Wildman–Crippen LogP) is 4.55. The number of nitrogens with one attached hydrogen (secondary N) is 2. The minimum absolute atomic E-state index is 0.161. The topological polar surface area (TPSA) is 53.5 Å². The van der Waals surface area contributed by atoms with Crippen LogP contribution < -0.4 is 10.7 Å². The third kappa shape index (κ3) is 4.45. The zero-order valence-electron chi connectivity index (χ0n) is 13.8. The summed E-state index contributed by atoms with van der Waals surface area (Å²) in [5.74, 6) is -0.192. The van der Waals surface area contributed by atoms with Crippen molar-refractivity contribution in [1.82, 2.24) is 5.43 Å². The van der Waals surface area contributed by atoms with E-state index < -0.39 is 0 Å². The molecule has 0 atom stereocenters. The van der Waals surface area contributed by atoms with Crippen LogP contribution in [0, 0.1) is 0 Å². The van der Waals surface area contributed by atoms with Gasteiger partial charge in [0.1, 0.15) is 0 Å². The maximum absolute atomic E-state index is 12.0. The maximum Gasteiger partial charge on any atom is 0.259 e. The molecule has 0 bridgehead atoms. The maximum atomic E-state index is 12.0. The third-order valence-electron chi connectivity index (χ3n) is 3.83. The largest absolute Gasteiger partial charge is 0.376 e. The van der Waals surface area contributed by atoms with Gasteiger partial charge in [0.05, 0.1) is 12.3 Å². The van der Waals surface area contributed by atoms with Gasteiger partial charge in [0.25, 0.3) is 5.91 Å². The van der Waals surface area contributed by atoms with Crippen LogP contribution in [0.15, 0.2) is 76.3 Å². The van der Waals surface area contributed by atoms with Crippen molar-refractivity contribution in [2.24, 2.45) is 5.10 Å². The summed E-state index contributed by atoms with van der Waals surface area (Å²) in [7, 11) is 0. The van der Waals surface area contributed by atoms with Crippen LogP contribution in [0.1, 0.15) is 12.5 Å². The summed E-state index contributed by atoms with van der Waals surface area (Å²) in [4.78, 5) is 12.0. The van der Waals surface area contributed by atoms with Crippen LogP contribution in [-0.2, 0) is 4.79 Å². The Kier molecular flexibility index (Phi) is 5.46. The lowest BCUT2D eigenvalue weighted by molar-refractivity contribution is -0.119. The van der Waals surface area contributed by atoms with E-state index in [9.17, 15) is 4.79 Å². The normalized spacial score (nSPS) is 11.4. The van der Waals surface area contributed by atoms with Gasteiger partial charge in [-0.05, 0) is 42.0 Å². The first kappa shape index (κ1) is 17.2. The van der Waals surface area contributed by atoms with Gasteiger partial charge in [0.2, 0.25) is 0 Å². The number of hydrogen-bond donors (Lipinski definition) is 2. The minimum Gasteiger partial charge on any atom is -0.376 e. The fraction of sp³-hybridized carbons (Fsp3) is 0.100. The van der Waals surface area contributed by atoms with Gasteiger partial charge in [-0.25, -0.2) is 5.43 Å². The second-order valence-electron chi connectivity index (χ2n) is 5.62. The van der Waals surface area contributed by atoms with E-state index >= 15 is 0 Å². The number of halogens is 1. The lowest BCUT2D eigenvalue weighted by Gasteiger charge is -2.08. The summed E-state index contributed by atoms with van der Waals surface area (Å²) in [6.45, 7) is 2.05. The molecular formula is C20H18BrN3O. The Morgan fingerprint density at radius 1 is 1.00 bits per heavy atom. The molecule has 3 aromatic carbocycles. The Morgan fingerprint density at radius 2 is 1.72 bits per heavy atom. The van der Waals surface area contributed by atoms with E-state index in [-0.39, 0.29) is 12.5 Å². The van der Waals surface area contributed by atoms with Gasteiger partial charge in [-0.2, -0.15) is 5.10 Å². The molecular weight excluding hydrogens is 378 g/mol. The van der Waals surface area contributed by atoms with E-state index in [1.165, 1.54) is 0 Å². The number of rotatable bonds is 5. The quantitative estimate of drug-likeness (QED) is 0.491.